The van der Waals surface area contributed by atoms with Crippen LogP contribution in [0.25, 0.3) is 0 Å². The zero-order chi connectivity index (χ0) is 19.7. The topological polar surface area (TPSA) is 138 Å². The molecule has 2 fully saturated rings. The van der Waals surface area contributed by atoms with Crippen molar-refractivity contribution >= 4 is 23.8 Å². The van der Waals surface area contributed by atoms with E-state index in [1.54, 1.807) is 6.92 Å². The van der Waals surface area contributed by atoms with Crippen LogP contribution in [0.3, 0.4) is 0 Å². The van der Waals surface area contributed by atoms with Crippen molar-refractivity contribution in [2.24, 2.45) is 0 Å². The Balaban J connectivity index is 0.00000210. The predicted octanol–water partition coefficient (Wildman–Crippen LogP) is -3.82. The number of carboxylic acids is 1. The van der Waals surface area contributed by atoms with Crippen molar-refractivity contribution in [2.75, 3.05) is 13.2 Å². The molecule has 3 heterocycles. The summed E-state index contributed by atoms with van der Waals surface area (Å²) in [6.07, 6.45) is -0.153. The van der Waals surface area contributed by atoms with Crippen molar-refractivity contribution in [1.82, 2.24) is 20.8 Å². The fourth-order valence-electron chi connectivity index (χ4n) is 3.29. The normalized spacial score (nSPS) is 27.1. The van der Waals surface area contributed by atoms with E-state index in [9.17, 15) is 23.6 Å². The third kappa shape index (κ3) is 4.47. The summed E-state index contributed by atoms with van der Waals surface area (Å²) in [5, 5.41) is 11.9. The van der Waals surface area contributed by atoms with E-state index < -0.39 is 36.3 Å². The average molecular weight is 394 g/mol. The Bertz CT molecular complexity index is 712. The van der Waals surface area contributed by atoms with Gasteiger partial charge in [0.1, 0.15) is 6.04 Å². The third-order valence-corrected chi connectivity index (χ3v) is 4.51. The van der Waals surface area contributed by atoms with Gasteiger partial charge in [0.05, 0.1) is 25.2 Å². The predicted molar refractivity (Wildman–Crippen MR) is 85.3 cm³/mol. The second-order valence-electron chi connectivity index (χ2n) is 6.48. The second kappa shape index (κ2) is 8.91. The van der Waals surface area contributed by atoms with Gasteiger partial charge in [0.25, 0.3) is 5.91 Å². The molecule has 2 bridgehead atoms. The van der Waals surface area contributed by atoms with Gasteiger partial charge in [-0.3, -0.25) is 14.4 Å². The number of nitrogens with one attached hydrogen (secondary N) is 2. The summed E-state index contributed by atoms with van der Waals surface area (Å²) < 4.78 is 13.3. The van der Waals surface area contributed by atoms with Crippen molar-refractivity contribution in [1.29, 1.82) is 0 Å². The molecule has 3 aliphatic heterocycles. The van der Waals surface area contributed by atoms with Crippen molar-refractivity contribution in [3.63, 3.8) is 0 Å². The molecular formula is C15H20FLiN4O7. The Morgan fingerprint density at radius 3 is 2.82 bits per heavy atom. The zero-order valence-corrected chi connectivity index (χ0v) is 15.4. The Labute approximate surface area is 172 Å². The van der Waals surface area contributed by atoms with Gasteiger partial charge in [-0.1, -0.05) is 6.08 Å². The number of urea groups is 1. The van der Waals surface area contributed by atoms with Crippen LogP contribution in [0.4, 0.5) is 9.18 Å². The van der Waals surface area contributed by atoms with Crippen LogP contribution < -0.4 is 29.7 Å². The fraction of sp³-hybridized carbons (Fsp3) is 0.600. The maximum absolute atomic E-state index is 13.3. The molecule has 0 saturated carbocycles. The number of carbonyl (C=O) groups excluding carboxylic acids is 3. The van der Waals surface area contributed by atoms with Gasteiger partial charge in [0.15, 0.2) is 0 Å². The van der Waals surface area contributed by atoms with Gasteiger partial charge in [-0.05, 0) is 18.9 Å². The molecule has 150 valence electrons. The molecule has 0 aromatic carbocycles. The van der Waals surface area contributed by atoms with Gasteiger partial charge in [-0.2, -0.15) is 5.06 Å². The Morgan fingerprint density at radius 2 is 2.21 bits per heavy atom. The molecule has 2 saturated heterocycles. The SMILES string of the molecule is CC1=C[C@@H]2CN(C(=O)N2O[C@@H](F)C(=O)O)[C@@H]1C(=O)NOCC1CCC(=O)N1.[H-].[Li+]. The first-order chi connectivity index (χ1) is 12.8. The first kappa shape index (κ1) is 22.2. The summed E-state index contributed by atoms with van der Waals surface area (Å²) >= 11 is 0. The summed E-state index contributed by atoms with van der Waals surface area (Å²) in [5.41, 5.74) is 2.76. The molecule has 1 unspecified atom stereocenters. The molecule has 3 rings (SSSR count). The van der Waals surface area contributed by atoms with Crippen LogP contribution in [0.2, 0.25) is 0 Å². The number of alkyl halides is 1. The minimum absolute atomic E-state index is 0. The Kier molecular flexibility index (Phi) is 7.05. The van der Waals surface area contributed by atoms with Gasteiger partial charge in [-0.15, -0.1) is 0 Å². The molecule has 3 N–H and O–H groups in total. The van der Waals surface area contributed by atoms with E-state index in [2.05, 4.69) is 15.6 Å². The van der Waals surface area contributed by atoms with E-state index >= 15 is 0 Å². The van der Waals surface area contributed by atoms with Crippen LogP contribution in [0.15, 0.2) is 11.6 Å². The van der Waals surface area contributed by atoms with Crippen LogP contribution in [0, 0.1) is 0 Å². The monoisotopic (exact) mass is 394 g/mol. The molecule has 3 aliphatic rings. The molecule has 0 spiro atoms. The number of fused-ring (bicyclic) bond motifs is 2. The number of nitrogens with zero attached hydrogens (tertiary/aromatic N) is 2. The molecule has 0 radical (unpaired) electrons. The van der Waals surface area contributed by atoms with Crippen molar-refractivity contribution < 1.29 is 58.6 Å². The molecule has 28 heavy (non-hydrogen) atoms. The van der Waals surface area contributed by atoms with Crippen LogP contribution in [-0.2, 0) is 24.1 Å². The molecule has 0 aromatic heterocycles. The molecule has 0 aromatic rings. The maximum Gasteiger partial charge on any atom is 1.00 e. The van der Waals surface area contributed by atoms with Gasteiger partial charge >= 0.3 is 37.2 Å². The average Bonchev–Trinajstić information content (AvgIpc) is 3.11. The number of hydroxylamine groups is 3. The van der Waals surface area contributed by atoms with Gasteiger partial charge < -0.3 is 16.7 Å². The van der Waals surface area contributed by atoms with Gasteiger partial charge in [0.2, 0.25) is 5.91 Å². The zero-order valence-electron chi connectivity index (χ0n) is 16.4. The van der Waals surface area contributed by atoms with E-state index in [4.69, 9.17) is 9.94 Å². The summed E-state index contributed by atoms with van der Waals surface area (Å²) in [6.45, 7) is 1.74. The van der Waals surface area contributed by atoms with Crippen molar-refractivity contribution in [3.8, 4) is 0 Å². The quantitative estimate of drug-likeness (QED) is 0.229. The summed E-state index contributed by atoms with van der Waals surface area (Å²) in [5.74, 6) is -2.55. The minimum atomic E-state index is -2.69. The van der Waals surface area contributed by atoms with Crippen molar-refractivity contribution in [2.45, 2.75) is 44.2 Å². The number of rotatable bonds is 7. The largest absolute Gasteiger partial charge is 1.00 e. The van der Waals surface area contributed by atoms with Crippen LogP contribution in [0.5, 0.6) is 0 Å². The molecule has 0 aliphatic carbocycles. The molecule has 4 atom stereocenters. The van der Waals surface area contributed by atoms with Crippen LogP contribution in [0.1, 0.15) is 21.2 Å². The van der Waals surface area contributed by atoms with Crippen LogP contribution in [-0.4, -0.2) is 76.5 Å². The standard InChI is InChI=1S/C15H19FN4O7.Li.H/c1-7-4-9-5-19(15(25)20(9)27-12(16)14(23)24)11(7)13(22)18-26-6-8-2-3-10(21)17-8;;/h4,8-9,11-12H,2-3,5-6H2,1H3,(H,17,21)(H,18,22)(H,23,24);;/q;+1;-1/t8?,9-,11+,12-;;/m1../s1. The first-order valence-electron chi connectivity index (χ1n) is 8.30. The number of amides is 4. The third-order valence-electron chi connectivity index (χ3n) is 4.51. The number of carbonyl (C=O) groups is 4. The first-order valence-corrected chi connectivity index (χ1v) is 8.30. The van der Waals surface area contributed by atoms with E-state index in [1.807, 2.05) is 0 Å². The van der Waals surface area contributed by atoms with E-state index in [0.717, 1.165) is 4.90 Å². The van der Waals surface area contributed by atoms with Crippen LogP contribution >= 0.6 is 0 Å². The smallest absolute Gasteiger partial charge is 1.00 e. The number of halogens is 1. The minimum Gasteiger partial charge on any atom is -1.00 e. The molecule has 13 heteroatoms. The summed E-state index contributed by atoms with van der Waals surface area (Å²) in [6, 6.07) is -2.71. The second-order valence-corrected chi connectivity index (χ2v) is 6.48. The fourth-order valence-corrected chi connectivity index (χ4v) is 3.29. The number of hydrogen-bond acceptors (Lipinski definition) is 6. The Hall–Kier alpha value is -2.13. The number of carboxylic acid groups (broad SMARTS) is 1. The Morgan fingerprint density at radius 1 is 1.50 bits per heavy atom. The molecule has 11 nitrogen and oxygen atoms in total. The summed E-state index contributed by atoms with van der Waals surface area (Å²) in [4.78, 5) is 57.4. The maximum atomic E-state index is 13.3. The van der Waals surface area contributed by atoms with Crippen molar-refractivity contribution in [3.05, 3.63) is 11.6 Å². The van der Waals surface area contributed by atoms with Gasteiger partial charge in [-0.25, -0.2) is 24.3 Å². The molecular weight excluding hydrogens is 374 g/mol. The van der Waals surface area contributed by atoms with Gasteiger partial charge in [0, 0.05) is 6.42 Å². The number of hydrogen-bond donors (Lipinski definition) is 3. The van der Waals surface area contributed by atoms with E-state index in [0.29, 0.717) is 23.5 Å². The summed E-state index contributed by atoms with van der Waals surface area (Å²) in [7, 11) is 0. The van der Waals surface area contributed by atoms with E-state index in [-0.39, 0.29) is 45.4 Å². The number of aliphatic carboxylic acids is 1. The van der Waals surface area contributed by atoms with E-state index in [1.165, 1.54) is 6.08 Å². The molecule has 4 amide bonds.